The predicted octanol–water partition coefficient (Wildman–Crippen LogP) is 2.63. The first-order valence-corrected chi connectivity index (χ1v) is 5.81. The van der Waals surface area contributed by atoms with Gasteiger partial charge in [0.15, 0.2) is 0 Å². The number of rotatable bonds is 3. The predicted molar refractivity (Wildman–Crippen MR) is 73.3 cm³/mol. The Bertz CT molecular complexity index is 441. The van der Waals surface area contributed by atoms with Crippen LogP contribution in [0.1, 0.15) is 5.56 Å². The Kier molecular flexibility index (Phi) is 3.91. The van der Waals surface area contributed by atoms with Gasteiger partial charge in [0.25, 0.3) is 0 Å². The average Bonchev–Trinajstić information content (AvgIpc) is 2.32. The Balaban J connectivity index is 2.20. The van der Waals surface area contributed by atoms with Gasteiger partial charge in [-0.05, 0) is 17.2 Å². The molecule has 1 aromatic rings. The van der Waals surface area contributed by atoms with Gasteiger partial charge in [-0.2, -0.15) is 0 Å². The van der Waals surface area contributed by atoms with Gasteiger partial charge in [-0.3, -0.25) is 0 Å². The van der Waals surface area contributed by atoms with Crippen LogP contribution in [0.4, 0.5) is 0 Å². The van der Waals surface area contributed by atoms with Crippen molar-refractivity contribution < 1.29 is 0 Å². The van der Waals surface area contributed by atoms with Crippen LogP contribution in [0.3, 0.4) is 0 Å². The number of hydrogen-bond acceptors (Lipinski definition) is 2. The van der Waals surface area contributed by atoms with Gasteiger partial charge in [0.2, 0.25) is 0 Å². The number of nitrogens with zero attached hydrogens (tertiary/aromatic N) is 1. The van der Waals surface area contributed by atoms with Gasteiger partial charge in [-0.1, -0.05) is 54.6 Å². The molecule has 1 aromatic carbocycles. The molecule has 2 nitrogen and oxygen atoms in total. The maximum Gasteiger partial charge on any atom is 0.0648 e. The molecular formula is C15H18N2. The van der Waals surface area contributed by atoms with E-state index in [2.05, 4.69) is 60.1 Å². The lowest BCUT2D eigenvalue weighted by molar-refractivity contribution is 0.279. The summed E-state index contributed by atoms with van der Waals surface area (Å²) < 4.78 is 0. The zero-order valence-corrected chi connectivity index (χ0v) is 10.3. The lowest BCUT2D eigenvalue weighted by Crippen LogP contribution is -2.39. The minimum atomic E-state index is 0.246. The summed E-state index contributed by atoms with van der Waals surface area (Å²) in [5.74, 6) is 0. The van der Waals surface area contributed by atoms with Gasteiger partial charge in [-0.25, -0.2) is 10.4 Å². The third-order valence-electron chi connectivity index (χ3n) is 2.59. The van der Waals surface area contributed by atoms with Crippen LogP contribution in [0.2, 0.25) is 0 Å². The van der Waals surface area contributed by atoms with Crippen LogP contribution in [0.25, 0.3) is 6.08 Å². The summed E-state index contributed by atoms with van der Waals surface area (Å²) in [6.45, 7) is 0. The zero-order valence-electron chi connectivity index (χ0n) is 10.3. The van der Waals surface area contributed by atoms with Gasteiger partial charge in [0.05, 0.1) is 6.04 Å². The van der Waals surface area contributed by atoms with Crippen LogP contribution < -0.4 is 5.43 Å². The number of allylic oxidation sites excluding steroid dienone is 2. The molecule has 2 heteroatoms. The maximum atomic E-state index is 3.38. The van der Waals surface area contributed by atoms with Crippen molar-refractivity contribution >= 4 is 6.08 Å². The highest BCUT2D eigenvalue weighted by Crippen LogP contribution is 2.16. The van der Waals surface area contributed by atoms with Crippen molar-refractivity contribution in [2.45, 2.75) is 6.04 Å². The van der Waals surface area contributed by atoms with E-state index in [-0.39, 0.29) is 6.04 Å². The molecule has 88 valence electrons. The van der Waals surface area contributed by atoms with E-state index < -0.39 is 0 Å². The van der Waals surface area contributed by atoms with Gasteiger partial charge in [0.1, 0.15) is 0 Å². The van der Waals surface area contributed by atoms with E-state index in [1.807, 2.05) is 25.2 Å². The molecule has 0 aliphatic heterocycles. The van der Waals surface area contributed by atoms with Crippen molar-refractivity contribution in [3.8, 4) is 0 Å². The highest BCUT2D eigenvalue weighted by atomic mass is 15.5. The van der Waals surface area contributed by atoms with Crippen molar-refractivity contribution in [1.82, 2.24) is 10.4 Å². The molecule has 0 amide bonds. The van der Waals surface area contributed by atoms with Gasteiger partial charge in [0, 0.05) is 14.1 Å². The van der Waals surface area contributed by atoms with E-state index >= 15 is 0 Å². The molecule has 1 aliphatic rings. The number of benzene rings is 1. The lowest BCUT2D eigenvalue weighted by atomic mass is 10.00. The molecule has 2 rings (SSSR count). The highest BCUT2D eigenvalue weighted by Gasteiger charge is 2.11. The molecule has 0 bridgehead atoms. The number of hydrazine groups is 1. The van der Waals surface area contributed by atoms with Crippen LogP contribution in [0.5, 0.6) is 0 Å². The fraction of sp³-hybridized carbons (Fsp3) is 0.200. The monoisotopic (exact) mass is 226 g/mol. The Hall–Kier alpha value is -1.64. The molecule has 0 radical (unpaired) electrons. The molecule has 0 aromatic heterocycles. The van der Waals surface area contributed by atoms with E-state index in [1.165, 1.54) is 11.1 Å². The summed E-state index contributed by atoms with van der Waals surface area (Å²) in [6, 6.07) is 10.6. The molecule has 1 atom stereocenters. The molecule has 0 spiro atoms. The fourth-order valence-corrected chi connectivity index (χ4v) is 1.83. The minimum Gasteiger partial charge on any atom is -0.250 e. The Morgan fingerprint density at radius 3 is 2.59 bits per heavy atom. The smallest absolute Gasteiger partial charge is 0.0648 e. The van der Waals surface area contributed by atoms with Gasteiger partial charge in [-0.15, -0.1) is 0 Å². The summed E-state index contributed by atoms with van der Waals surface area (Å²) in [7, 11) is 4.01. The second kappa shape index (κ2) is 5.62. The largest absolute Gasteiger partial charge is 0.250 e. The van der Waals surface area contributed by atoms with Crippen LogP contribution in [0.15, 0.2) is 60.2 Å². The molecular weight excluding hydrogens is 208 g/mol. The molecule has 0 saturated heterocycles. The highest BCUT2D eigenvalue weighted by molar-refractivity contribution is 5.59. The molecule has 1 unspecified atom stereocenters. The Morgan fingerprint density at radius 1 is 1.12 bits per heavy atom. The van der Waals surface area contributed by atoms with Crippen molar-refractivity contribution in [1.29, 1.82) is 0 Å². The number of hydrogen-bond donors (Lipinski definition) is 1. The van der Waals surface area contributed by atoms with E-state index in [0.717, 1.165) is 0 Å². The van der Waals surface area contributed by atoms with E-state index in [0.29, 0.717) is 0 Å². The molecule has 0 saturated carbocycles. The van der Waals surface area contributed by atoms with Crippen molar-refractivity contribution in [3.63, 3.8) is 0 Å². The summed E-state index contributed by atoms with van der Waals surface area (Å²) in [4.78, 5) is 0. The first-order valence-electron chi connectivity index (χ1n) is 5.81. The molecule has 1 aliphatic carbocycles. The van der Waals surface area contributed by atoms with Crippen molar-refractivity contribution in [3.05, 3.63) is 65.8 Å². The van der Waals surface area contributed by atoms with Crippen LogP contribution >= 0.6 is 0 Å². The lowest BCUT2D eigenvalue weighted by Gasteiger charge is -2.23. The summed E-state index contributed by atoms with van der Waals surface area (Å²) in [5, 5.41) is 1.98. The maximum absolute atomic E-state index is 3.38. The SMILES string of the molecule is CN(C)NC1C=CC=CC1=Cc1ccccc1. The fourth-order valence-electron chi connectivity index (χ4n) is 1.83. The summed E-state index contributed by atoms with van der Waals surface area (Å²) in [5.41, 5.74) is 5.88. The van der Waals surface area contributed by atoms with Crippen LogP contribution in [0, 0.1) is 0 Å². The second-order valence-corrected chi connectivity index (χ2v) is 4.30. The quantitative estimate of drug-likeness (QED) is 0.797. The summed E-state index contributed by atoms with van der Waals surface area (Å²) >= 11 is 0. The molecule has 1 N–H and O–H groups in total. The minimum absolute atomic E-state index is 0.246. The zero-order chi connectivity index (χ0) is 12.1. The van der Waals surface area contributed by atoms with Gasteiger partial charge >= 0.3 is 0 Å². The molecule has 0 fully saturated rings. The van der Waals surface area contributed by atoms with Crippen LogP contribution in [-0.4, -0.2) is 25.1 Å². The van der Waals surface area contributed by atoms with E-state index in [9.17, 15) is 0 Å². The van der Waals surface area contributed by atoms with Gasteiger partial charge < -0.3 is 0 Å². The Morgan fingerprint density at radius 2 is 1.88 bits per heavy atom. The first kappa shape index (κ1) is 11.8. The molecule has 0 heterocycles. The van der Waals surface area contributed by atoms with E-state index in [1.54, 1.807) is 0 Å². The summed E-state index contributed by atoms with van der Waals surface area (Å²) in [6.07, 6.45) is 10.7. The standard InChI is InChI=1S/C15H18N2/c1-17(2)16-15-11-7-6-10-14(15)12-13-8-4-3-5-9-13/h3-12,15-16H,1-2H3. The Labute approximate surface area is 103 Å². The topological polar surface area (TPSA) is 15.3 Å². The van der Waals surface area contributed by atoms with Crippen molar-refractivity contribution in [2.24, 2.45) is 0 Å². The molecule has 17 heavy (non-hydrogen) atoms. The third-order valence-corrected chi connectivity index (χ3v) is 2.59. The average molecular weight is 226 g/mol. The normalized spacial score (nSPS) is 21.4. The second-order valence-electron chi connectivity index (χ2n) is 4.30. The van der Waals surface area contributed by atoms with Crippen molar-refractivity contribution in [2.75, 3.05) is 14.1 Å². The van der Waals surface area contributed by atoms with E-state index in [4.69, 9.17) is 0 Å². The van der Waals surface area contributed by atoms with Crippen LogP contribution in [-0.2, 0) is 0 Å². The number of nitrogens with one attached hydrogen (secondary N) is 1. The third kappa shape index (κ3) is 3.41. The first-order chi connectivity index (χ1) is 8.25.